The van der Waals surface area contributed by atoms with E-state index in [1.807, 2.05) is 0 Å². The van der Waals surface area contributed by atoms with Crippen LogP contribution in [-0.4, -0.2) is 29.1 Å². The molecular weight excluding hydrogens is 270 g/mol. The maximum Gasteiger partial charge on any atom is 0.310 e. The fourth-order valence-corrected chi connectivity index (χ4v) is 4.53. The average Bonchev–Trinajstić information content (AvgIpc) is 3.01. The van der Waals surface area contributed by atoms with Crippen molar-refractivity contribution in [3.8, 4) is 0 Å². The van der Waals surface area contributed by atoms with Crippen molar-refractivity contribution in [2.75, 3.05) is 13.1 Å². The maximum atomic E-state index is 11.7. The molecule has 1 aliphatic heterocycles. The van der Waals surface area contributed by atoms with Gasteiger partial charge in [0.25, 0.3) is 0 Å². The Kier molecular flexibility index (Phi) is 4.86. The van der Waals surface area contributed by atoms with Gasteiger partial charge >= 0.3 is 5.97 Å². The summed E-state index contributed by atoms with van der Waals surface area (Å²) in [5.41, 5.74) is -0.529. The summed E-state index contributed by atoms with van der Waals surface area (Å²) >= 11 is 1.78. The van der Waals surface area contributed by atoms with E-state index in [2.05, 4.69) is 43.2 Å². The molecule has 1 fully saturated rings. The topological polar surface area (TPSA) is 40.5 Å². The Bertz CT molecular complexity index is 443. The predicted molar refractivity (Wildman–Crippen MR) is 83.1 cm³/mol. The van der Waals surface area contributed by atoms with Gasteiger partial charge in [-0.3, -0.25) is 9.69 Å². The molecule has 0 saturated carbocycles. The highest BCUT2D eigenvalue weighted by Crippen LogP contribution is 2.42. The normalized spacial score (nSPS) is 25.2. The van der Waals surface area contributed by atoms with Gasteiger partial charge in [-0.25, -0.2) is 0 Å². The van der Waals surface area contributed by atoms with E-state index in [1.165, 1.54) is 4.88 Å². The number of carboxylic acids is 1. The van der Waals surface area contributed by atoms with E-state index in [9.17, 15) is 9.90 Å². The highest BCUT2D eigenvalue weighted by atomic mass is 32.1. The second-order valence-electron chi connectivity index (χ2n) is 6.26. The maximum absolute atomic E-state index is 11.7. The number of likely N-dealkylation sites (tertiary alicyclic amines) is 1. The Morgan fingerprint density at radius 1 is 1.55 bits per heavy atom. The lowest BCUT2D eigenvalue weighted by Crippen LogP contribution is -2.37. The summed E-state index contributed by atoms with van der Waals surface area (Å²) in [5, 5.41) is 11.7. The van der Waals surface area contributed by atoms with Gasteiger partial charge in [0.15, 0.2) is 0 Å². The highest BCUT2D eigenvalue weighted by Gasteiger charge is 2.46. The molecule has 0 spiro atoms. The number of aliphatic carboxylic acids is 1. The SMILES string of the molecule is CCCC1(C(=O)O)CCN(C(c2cccs2)C(C)C)C1. The molecule has 1 aliphatic rings. The van der Waals surface area contributed by atoms with E-state index < -0.39 is 11.4 Å². The minimum Gasteiger partial charge on any atom is -0.481 e. The molecular formula is C16H25NO2S. The highest BCUT2D eigenvalue weighted by molar-refractivity contribution is 7.10. The summed E-state index contributed by atoms with van der Waals surface area (Å²) < 4.78 is 0. The molecule has 0 aromatic carbocycles. The van der Waals surface area contributed by atoms with Gasteiger partial charge in [-0.15, -0.1) is 11.3 Å². The molecule has 1 aromatic rings. The van der Waals surface area contributed by atoms with Crippen molar-refractivity contribution in [3.63, 3.8) is 0 Å². The van der Waals surface area contributed by atoms with E-state index in [-0.39, 0.29) is 0 Å². The van der Waals surface area contributed by atoms with Gasteiger partial charge in [0, 0.05) is 17.5 Å². The molecule has 0 radical (unpaired) electrons. The first-order valence-electron chi connectivity index (χ1n) is 7.51. The van der Waals surface area contributed by atoms with Crippen LogP contribution in [0.15, 0.2) is 17.5 Å². The van der Waals surface area contributed by atoms with Gasteiger partial charge in [0.1, 0.15) is 0 Å². The first kappa shape index (κ1) is 15.5. The summed E-state index contributed by atoms with van der Waals surface area (Å²) in [7, 11) is 0. The Morgan fingerprint density at radius 3 is 2.80 bits per heavy atom. The zero-order chi connectivity index (χ0) is 14.8. The third kappa shape index (κ3) is 2.91. The summed E-state index contributed by atoms with van der Waals surface area (Å²) in [4.78, 5) is 15.5. The molecule has 3 nitrogen and oxygen atoms in total. The summed E-state index contributed by atoms with van der Waals surface area (Å²) in [6.45, 7) is 8.12. The molecule has 0 bridgehead atoms. The van der Waals surface area contributed by atoms with E-state index in [0.29, 0.717) is 18.5 Å². The van der Waals surface area contributed by atoms with E-state index in [4.69, 9.17) is 0 Å². The summed E-state index contributed by atoms with van der Waals surface area (Å²) in [6.07, 6.45) is 2.50. The van der Waals surface area contributed by atoms with Crippen LogP contribution < -0.4 is 0 Å². The van der Waals surface area contributed by atoms with Crippen molar-refractivity contribution in [1.82, 2.24) is 4.90 Å². The number of carbonyl (C=O) groups is 1. The molecule has 0 amide bonds. The molecule has 2 heterocycles. The first-order valence-corrected chi connectivity index (χ1v) is 8.39. The molecule has 2 atom stereocenters. The minimum absolute atomic E-state index is 0.355. The van der Waals surface area contributed by atoms with Crippen molar-refractivity contribution in [2.24, 2.45) is 11.3 Å². The number of hydrogen-bond acceptors (Lipinski definition) is 3. The van der Waals surface area contributed by atoms with Gasteiger partial charge in [-0.1, -0.05) is 33.3 Å². The Balaban J connectivity index is 2.19. The monoisotopic (exact) mass is 295 g/mol. The summed E-state index contributed by atoms with van der Waals surface area (Å²) in [6, 6.07) is 4.62. The standard InChI is InChI=1S/C16H25NO2S/c1-4-7-16(15(18)19)8-9-17(11-16)14(12(2)3)13-6-5-10-20-13/h5-6,10,12,14H,4,7-9,11H2,1-3H3,(H,18,19). The van der Waals surface area contributed by atoms with Gasteiger partial charge in [-0.05, 0) is 36.8 Å². The Labute approximate surface area is 125 Å². The number of nitrogens with zero attached hydrogens (tertiary/aromatic N) is 1. The lowest BCUT2D eigenvalue weighted by molar-refractivity contribution is -0.148. The van der Waals surface area contributed by atoms with E-state index >= 15 is 0 Å². The smallest absolute Gasteiger partial charge is 0.310 e. The number of carboxylic acid groups (broad SMARTS) is 1. The minimum atomic E-state index is -0.615. The third-order valence-corrected chi connectivity index (χ3v) is 5.37. The Hall–Kier alpha value is -0.870. The van der Waals surface area contributed by atoms with Crippen LogP contribution in [0.5, 0.6) is 0 Å². The van der Waals surface area contributed by atoms with Crippen LogP contribution >= 0.6 is 11.3 Å². The summed E-state index contributed by atoms with van der Waals surface area (Å²) in [5.74, 6) is -0.115. The molecule has 4 heteroatoms. The lowest BCUT2D eigenvalue weighted by atomic mass is 9.82. The van der Waals surface area contributed by atoms with Gasteiger partial charge < -0.3 is 5.11 Å². The van der Waals surface area contributed by atoms with E-state index in [0.717, 1.165) is 25.8 Å². The van der Waals surface area contributed by atoms with E-state index in [1.54, 1.807) is 11.3 Å². The number of rotatable bonds is 6. The van der Waals surface area contributed by atoms with Crippen LogP contribution in [0.3, 0.4) is 0 Å². The fraction of sp³-hybridized carbons (Fsp3) is 0.688. The van der Waals surface area contributed by atoms with Crippen molar-refractivity contribution in [3.05, 3.63) is 22.4 Å². The predicted octanol–water partition coefficient (Wildman–Crippen LogP) is 4.02. The molecule has 20 heavy (non-hydrogen) atoms. The van der Waals surface area contributed by atoms with Gasteiger partial charge in [0.05, 0.1) is 5.41 Å². The molecule has 1 aromatic heterocycles. The van der Waals surface area contributed by atoms with Crippen LogP contribution in [0.2, 0.25) is 0 Å². The van der Waals surface area contributed by atoms with Crippen LogP contribution in [0.25, 0.3) is 0 Å². The average molecular weight is 295 g/mol. The number of hydrogen-bond donors (Lipinski definition) is 1. The Morgan fingerprint density at radius 2 is 2.30 bits per heavy atom. The van der Waals surface area contributed by atoms with Crippen LogP contribution in [0, 0.1) is 11.3 Å². The number of thiophene rings is 1. The molecule has 2 unspecified atom stereocenters. The quantitative estimate of drug-likeness (QED) is 0.861. The van der Waals surface area contributed by atoms with Crippen molar-refractivity contribution in [1.29, 1.82) is 0 Å². The largest absolute Gasteiger partial charge is 0.481 e. The molecule has 1 N–H and O–H groups in total. The zero-order valence-corrected chi connectivity index (χ0v) is 13.4. The molecule has 0 aliphatic carbocycles. The molecule has 1 saturated heterocycles. The van der Waals surface area contributed by atoms with Crippen molar-refractivity contribution >= 4 is 17.3 Å². The fourth-order valence-electron chi connectivity index (χ4n) is 3.50. The van der Waals surface area contributed by atoms with Gasteiger partial charge in [0.2, 0.25) is 0 Å². The lowest BCUT2D eigenvalue weighted by Gasteiger charge is -2.32. The zero-order valence-electron chi connectivity index (χ0n) is 12.6. The molecule has 2 rings (SSSR count). The van der Waals surface area contributed by atoms with Crippen molar-refractivity contribution < 1.29 is 9.90 Å². The van der Waals surface area contributed by atoms with Crippen LogP contribution in [-0.2, 0) is 4.79 Å². The van der Waals surface area contributed by atoms with Crippen LogP contribution in [0.1, 0.15) is 51.0 Å². The second kappa shape index (κ2) is 6.27. The van der Waals surface area contributed by atoms with Crippen LogP contribution in [0.4, 0.5) is 0 Å². The van der Waals surface area contributed by atoms with Gasteiger partial charge in [-0.2, -0.15) is 0 Å². The first-order chi connectivity index (χ1) is 9.50. The molecule has 112 valence electrons. The second-order valence-corrected chi connectivity index (χ2v) is 7.24. The third-order valence-electron chi connectivity index (χ3n) is 4.43. The van der Waals surface area contributed by atoms with Crippen molar-refractivity contribution in [2.45, 2.75) is 46.1 Å².